The number of ketones is 1. The predicted molar refractivity (Wildman–Crippen MR) is 80.0 cm³/mol. The number of rotatable bonds is 2. The molecule has 1 aliphatic heterocycles. The Morgan fingerprint density at radius 1 is 1.27 bits per heavy atom. The number of non-ortho nitro benzene ring substituents is 1. The molecule has 2 aliphatic rings. The number of likely N-dealkylation sites (N-methyl/N-ethyl adjacent to an activating group) is 1. The number of hydrogen-bond acceptors (Lipinski definition) is 4. The van der Waals surface area contributed by atoms with E-state index in [9.17, 15) is 19.7 Å². The minimum absolute atomic E-state index is 0.0591. The molecular formula is C16H16N2O4. The van der Waals surface area contributed by atoms with Gasteiger partial charge in [-0.3, -0.25) is 19.7 Å². The Hall–Kier alpha value is -2.50. The van der Waals surface area contributed by atoms with Gasteiger partial charge in [0.15, 0.2) is 5.78 Å². The van der Waals surface area contributed by atoms with Crippen LogP contribution in [0.5, 0.6) is 0 Å². The smallest absolute Gasteiger partial charge is 0.270 e. The quantitative estimate of drug-likeness (QED) is 0.363. The maximum atomic E-state index is 12.7. The van der Waals surface area contributed by atoms with Gasteiger partial charge in [0.25, 0.3) is 11.6 Å². The molecule has 3 rings (SSSR count). The maximum Gasteiger partial charge on any atom is 0.270 e. The summed E-state index contributed by atoms with van der Waals surface area (Å²) in [5.74, 6) is -0.442. The van der Waals surface area contributed by atoms with Crippen molar-refractivity contribution in [1.29, 1.82) is 0 Å². The molecule has 1 spiro atoms. The molecule has 0 unspecified atom stereocenters. The van der Waals surface area contributed by atoms with E-state index in [0.29, 0.717) is 18.4 Å². The van der Waals surface area contributed by atoms with Crippen LogP contribution in [0, 0.1) is 10.1 Å². The van der Waals surface area contributed by atoms with Crippen molar-refractivity contribution in [2.75, 3.05) is 7.05 Å². The molecule has 1 heterocycles. The third-order valence-electron chi connectivity index (χ3n) is 4.67. The highest BCUT2D eigenvalue weighted by molar-refractivity contribution is 6.30. The highest BCUT2D eigenvalue weighted by atomic mass is 16.6. The SMILES string of the molecule is CN1C(=O)/C(=C/c2cccc([N+](=O)[O-])c2)C(=O)C12CCCC2. The molecule has 22 heavy (non-hydrogen) atoms. The molecule has 0 aromatic heterocycles. The van der Waals surface area contributed by atoms with E-state index >= 15 is 0 Å². The standard InChI is InChI=1S/C16H16N2O4/c1-17-15(20)13(14(19)16(17)7-2-3-8-16)10-11-5-4-6-12(9-11)18(21)22/h4-6,9-10H,2-3,7-8H2,1H3/b13-10+. The van der Waals surface area contributed by atoms with Gasteiger partial charge in [0, 0.05) is 19.2 Å². The lowest BCUT2D eigenvalue weighted by atomic mass is 9.91. The lowest BCUT2D eigenvalue weighted by Gasteiger charge is -2.29. The number of benzene rings is 1. The molecule has 0 atom stereocenters. The van der Waals surface area contributed by atoms with E-state index in [-0.39, 0.29) is 23.0 Å². The summed E-state index contributed by atoms with van der Waals surface area (Å²) < 4.78 is 0. The maximum absolute atomic E-state index is 12.7. The first-order valence-electron chi connectivity index (χ1n) is 7.25. The van der Waals surface area contributed by atoms with Gasteiger partial charge in [-0.15, -0.1) is 0 Å². The van der Waals surface area contributed by atoms with Crippen LogP contribution in [0.25, 0.3) is 6.08 Å². The Kier molecular flexibility index (Phi) is 3.31. The average Bonchev–Trinajstić information content (AvgIpc) is 3.06. The molecule has 0 N–H and O–H groups in total. The first-order chi connectivity index (χ1) is 10.5. The minimum Gasteiger partial charge on any atom is -0.328 e. The number of amides is 1. The van der Waals surface area contributed by atoms with Crippen molar-refractivity contribution in [3.63, 3.8) is 0 Å². The number of hydrogen-bond donors (Lipinski definition) is 0. The molecule has 1 amide bonds. The summed E-state index contributed by atoms with van der Waals surface area (Å²) in [6.45, 7) is 0. The van der Waals surface area contributed by atoms with Gasteiger partial charge in [0.05, 0.1) is 10.5 Å². The van der Waals surface area contributed by atoms with Crippen LogP contribution in [0.1, 0.15) is 31.2 Å². The van der Waals surface area contributed by atoms with Crippen LogP contribution in [0.2, 0.25) is 0 Å². The number of Topliss-reactive ketones (excluding diaryl/α,β-unsaturated/α-hetero) is 1. The van der Waals surface area contributed by atoms with Crippen molar-refractivity contribution in [2.45, 2.75) is 31.2 Å². The zero-order chi connectivity index (χ0) is 15.9. The Balaban J connectivity index is 2.01. The largest absolute Gasteiger partial charge is 0.328 e. The molecule has 2 fully saturated rings. The van der Waals surface area contributed by atoms with E-state index in [1.165, 1.54) is 18.2 Å². The fourth-order valence-corrected chi connectivity index (χ4v) is 3.42. The minimum atomic E-state index is -0.691. The van der Waals surface area contributed by atoms with Crippen molar-refractivity contribution in [1.82, 2.24) is 4.90 Å². The van der Waals surface area contributed by atoms with Crippen molar-refractivity contribution in [3.05, 3.63) is 45.5 Å². The Morgan fingerprint density at radius 3 is 2.59 bits per heavy atom. The number of carbonyl (C=O) groups is 2. The zero-order valence-electron chi connectivity index (χ0n) is 12.2. The lowest BCUT2D eigenvalue weighted by Crippen LogP contribution is -2.44. The van der Waals surface area contributed by atoms with Gasteiger partial charge in [-0.2, -0.15) is 0 Å². The first-order valence-corrected chi connectivity index (χ1v) is 7.25. The molecule has 6 nitrogen and oxygen atoms in total. The summed E-state index contributed by atoms with van der Waals surface area (Å²) in [7, 11) is 1.67. The van der Waals surface area contributed by atoms with E-state index in [1.807, 2.05) is 0 Å². The molecule has 1 saturated heterocycles. The van der Waals surface area contributed by atoms with Gasteiger partial charge >= 0.3 is 0 Å². The molecule has 6 heteroatoms. The highest BCUT2D eigenvalue weighted by Gasteiger charge is 2.54. The van der Waals surface area contributed by atoms with Gasteiger partial charge in [0.1, 0.15) is 5.54 Å². The van der Waals surface area contributed by atoms with E-state index < -0.39 is 10.5 Å². The zero-order valence-corrected chi connectivity index (χ0v) is 12.2. The molecule has 1 saturated carbocycles. The van der Waals surface area contributed by atoms with E-state index in [2.05, 4.69) is 0 Å². The van der Waals surface area contributed by atoms with Crippen LogP contribution in [-0.4, -0.2) is 34.1 Å². The second-order valence-corrected chi connectivity index (χ2v) is 5.84. The topological polar surface area (TPSA) is 80.5 Å². The van der Waals surface area contributed by atoms with Gasteiger partial charge in [-0.05, 0) is 24.5 Å². The lowest BCUT2D eigenvalue weighted by molar-refractivity contribution is -0.384. The third-order valence-corrected chi connectivity index (χ3v) is 4.67. The number of nitro groups is 1. The summed E-state index contributed by atoms with van der Waals surface area (Å²) in [6, 6.07) is 5.95. The Bertz CT molecular complexity index is 702. The van der Waals surface area contributed by atoms with Gasteiger partial charge in [-0.25, -0.2) is 0 Å². The molecule has 1 aromatic rings. The second kappa shape index (κ2) is 5.05. The normalized spacial score (nSPS) is 22.0. The number of nitrogens with zero attached hydrogens (tertiary/aromatic N) is 2. The molecule has 114 valence electrons. The van der Waals surface area contributed by atoms with E-state index in [0.717, 1.165) is 12.8 Å². The van der Waals surface area contributed by atoms with Crippen molar-refractivity contribution in [2.24, 2.45) is 0 Å². The van der Waals surface area contributed by atoms with Gasteiger partial charge in [0.2, 0.25) is 0 Å². The monoisotopic (exact) mass is 300 g/mol. The third kappa shape index (κ3) is 2.03. The first kappa shape index (κ1) is 14.4. The van der Waals surface area contributed by atoms with Crippen molar-refractivity contribution in [3.8, 4) is 0 Å². The summed E-state index contributed by atoms with van der Waals surface area (Å²) in [6.07, 6.45) is 4.74. The summed E-state index contributed by atoms with van der Waals surface area (Å²) in [5.41, 5.74) is -0.126. The van der Waals surface area contributed by atoms with Gasteiger partial charge in [-0.1, -0.05) is 25.0 Å². The molecular weight excluding hydrogens is 284 g/mol. The summed E-state index contributed by atoms with van der Waals surface area (Å²) >= 11 is 0. The van der Waals surface area contributed by atoms with Crippen LogP contribution in [0.15, 0.2) is 29.8 Å². The second-order valence-electron chi connectivity index (χ2n) is 5.84. The number of carbonyl (C=O) groups excluding carboxylic acids is 2. The Labute approximate surface area is 127 Å². The van der Waals surface area contributed by atoms with E-state index in [4.69, 9.17) is 0 Å². The molecule has 1 aliphatic carbocycles. The van der Waals surface area contributed by atoms with E-state index in [1.54, 1.807) is 24.1 Å². The molecule has 1 aromatic carbocycles. The fourth-order valence-electron chi connectivity index (χ4n) is 3.42. The summed E-state index contributed by atoms with van der Waals surface area (Å²) in [5, 5.41) is 10.8. The number of nitro benzene ring substituents is 1. The Morgan fingerprint density at radius 2 is 1.95 bits per heavy atom. The van der Waals surface area contributed by atoms with Crippen molar-refractivity contribution >= 4 is 23.5 Å². The molecule has 0 radical (unpaired) electrons. The number of likely N-dealkylation sites (tertiary alicyclic amines) is 1. The van der Waals surface area contributed by atoms with Crippen LogP contribution >= 0.6 is 0 Å². The average molecular weight is 300 g/mol. The van der Waals surface area contributed by atoms with Crippen molar-refractivity contribution < 1.29 is 14.5 Å². The van der Waals surface area contributed by atoms with Crippen LogP contribution in [0.4, 0.5) is 5.69 Å². The van der Waals surface area contributed by atoms with Crippen LogP contribution < -0.4 is 0 Å². The van der Waals surface area contributed by atoms with Gasteiger partial charge < -0.3 is 4.90 Å². The predicted octanol–water partition coefficient (Wildman–Crippen LogP) is 2.33. The highest BCUT2D eigenvalue weighted by Crippen LogP contribution is 2.42. The fraction of sp³-hybridized carbons (Fsp3) is 0.375. The molecule has 0 bridgehead atoms. The van der Waals surface area contributed by atoms with Crippen LogP contribution in [0.3, 0.4) is 0 Å². The van der Waals surface area contributed by atoms with Crippen LogP contribution in [-0.2, 0) is 9.59 Å². The summed E-state index contributed by atoms with van der Waals surface area (Å²) in [4.78, 5) is 37.0.